The lowest BCUT2D eigenvalue weighted by Gasteiger charge is -2.47. The predicted molar refractivity (Wildman–Crippen MR) is 189 cm³/mol. The Morgan fingerprint density at radius 2 is 1.55 bits per heavy atom. The molecule has 53 heavy (non-hydrogen) atoms. The van der Waals surface area contributed by atoms with Crippen LogP contribution in [0.3, 0.4) is 0 Å². The molecule has 1 spiro atoms. The molecule has 12 bridgehead atoms. The lowest BCUT2D eigenvalue weighted by molar-refractivity contribution is -0.292. The molecule has 0 radical (unpaired) electrons. The van der Waals surface area contributed by atoms with Crippen molar-refractivity contribution in [1.82, 2.24) is 0 Å². The molecular formula is C41H60O12. The van der Waals surface area contributed by atoms with Crippen LogP contribution in [0.2, 0.25) is 0 Å². The Bertz CT molecular complexity index is 1390. The highest BCUT2D eigenvalue weighted by molar-refractivity contribution is 5.79. The zero-order chi connectivity index (χ0) is 36.6. The molecule has 0 aromatic rings. The van der Waals surface area contributed by atoms with Crippen molar-refractivity contribution in [3.05, 3.63) is 24.3 Å². The van der Waals surface area contributed by atoms with Gasteiger partial charge in [-0.15, -0.1) is 0 Å². The summed E-state index contributed by atoms with van der Waals surface area (Å²) in [6, 6.07) is 0. The van der Waals surface area contributed by atoms with E-state index in [2.05, 4.69) is 20.1 Å². The lowest BCUT2D eigenvalue weighted by Crippen LogP contribution is -2.61. The van der Waals surface area contributed by atoms with Gasteiger partial charge in [0.15, 0.2) is 5.79 Å². The number of hydrogen-bond donors (Lipinski definition) is 2. The van der Waals surface area contributed by atoms with Gasteiger partial charge in [0.25, 0.3) is 0 Å². The predicted octanol–water partition coefficient (Wildman–Crippen LogP) is 3.86. The Morgan fingerprint density at radius 3 is 2.38 bits per heavy atom. The fourth-order valence-electron chi connectivity index (χ4n) is 11.5. The summed E-state index contributed by atoms with van der Waals surface area (Å²) in [7, 11) is 1.65. The zero-order valence-electron chi connectivity index (χ0n) is 31.4. The number of ketones is 1. The van der Waals surface area contributed by atoms with Crippen molar-refractivity contribution in [2.45, 2.75) is 200 Å². The van der Waals surface area contributed by atoms with Gasteiger partial charge in [0.05, 0.1) is 67.1 Å². The monoisotopic (exact) mass is 744 g/mol. The number of ether oxygens (including phenoxy) is 9. The molecule has 0 aromatic carbocycles. The van der Waals surface area contributed by atoms with E-state index in [1.807, 2.05) is 0 Å². The minimum Gasteiger partial charge on any atom is -0.396 e. The van der Waals surface area contributed by atoms with Gasteiger partial charge in [-0.2, -0.15) is 0 Å². The maximum absolute atomic E-state index is 14.1. The largest absolute Gasteiger partial charge is 0.396 e. The lowest BCUT2D eigenvalue weighted by atomic mass is 9.81. The van der Waals surface area contributed by atoms with Crippen LogP contribution in [0.15, 0.2) is 24.3 Å². The van der Waals surface area contributed by atoms with Gasteiger partial charge in [-0.3, -0.25) is 4.79 Å². The second-order valence-electron chi connectivity index (χ2n) is 17.7. The second kappa shape index (κ2) is 14.9. The van der Waals surface area contributed by atoms with E-state index in [4.69, 9.17) is 42.6 Å². The molecular weight excluding hydrogens is 684 g/mol. The van der Waals surface area contributed by atoms with Crippen molar-refractivity contribution in [3.63, 3.8) is 0 Å². The van der Waals surface area contributed by atoms with Crippen LogP contribution >= 0.6 is 0 Å². The highest BCUT2D eigenvalue weighted by atomic mass is 16.8. The molecule has 10 fully saturated rings. The van der Waals surface area contributed by atoms with Crippen LogP contribution in [0.1, 0.15) is 96.8 Å². The van der Waals surface area contributed by atoms with Gasteiger partial charge >= 0.3 is 0 Å². The number of hydrogen-bond acceptors (Lipinski definition) is 12. The molecule has 2 N–H and O–H groups in total. The average Bonchev–Trinajstić information content (AvgIpc) is 3.80. The molecule has 10 saturated heterocycles. The fraction of sp³-hybridized carbons (Fsp3) is 0.878. The number of methoxy groups -OCH3 is 1. The highest BCUT2D eigenvalue weighted by Gasteiger charge is 2.68. The van der Waals surface area contributed by atoms with E-state index in [1.165, 1.54) is 0 Å². The molecule has 296 valence electrons. The molecule has 0 aliphatic carbocycles. The third kappa shape index (κ3) is 7.04. The minimum atomic E-state index is -0.787. The molecule has 0 amide bonds. The van der Waals surface area contributed by atoms with Crippen molar-refractivity contribution >= 4 is 5.78 Å². The number of rotatable bonds is 5. The molecule has 10 rings (SSSR count). The second-order valence-corrected chi connectivity index (χ2v) is 17.7. The Kier molecular flexibility index (Phi) is 10.5. The van der Waals surface area contributed by atoms with Gasteiger partial charge in [-0.05, 0) is 68.4 Å². The van der Waals surface area contributed by atoms with Gasteiger partial charge < -0.3 is 52.8 Å². The molecule has 10 aliphatic rings. The van der Waals surface area contributed by atoms with Crippen LogP contribution in [0.4, 0.5) is 0 Å². The van der Waals surface area contributed by atoms with Gasteiger partial charge in [-0.1, -0.05) is 20.1 Å². The number of aliphatic hydroxyl groups excluding tert-OH is 2. The molecule has 0 aromatic heterocycles. The fourth-order valence-corrected chi connectivity index (χ4v) is 11.5. The van der Waals surface area contributed by atoms with Crippen molar-refractivity contribution in [1.29, 1.82) is 0 Å². The molecule has 19 atom stereocenters. The van der Waals surface area contributed by atoms with Gasteiger partial charge in [0, 0.05) is 58.2 Å². The molecule has 10 aliphatic heterocycles. The standard InChI is InChI=1S/C41H60O12/c1-20-13-25-5-7-29-21(2)14-27(46-29)9-11-41-19-34-37(52-41)38-39(51-34)40(53-41)36-30(50-38)8-6-26(48-36)15-24(44)16-28-32(18-31(47-25)22(20)3)49-33(35(28)45-4)17-23(43)10-12-42/h20,23,25-40,42-43H,2-3,5-19H2,1,4H3. The van der Waals surface area contributed by atoms with Crippen LogP contribution in [0.5, 0.6) is 0 Å². The summed E-state index contributed by atoms with van der Waals surface area (Å²) in [6.07, 6.45) is 4.77. The first-order chi connectivity index (χ1) is 25.6. The topological polar surface area (TPSA) is 141 Å². The summed E-state index contributed by atoms with van der Waals surface area (Å²) in [4.78, 5) is 14.1. The third-order valence-corrected chi connectivity index (χ3v) is 14.2. The first kappa shape index (κ1) is 37.3. The number of carbonyl (C=O) groups excluding carboxylic acids is 1. The summed E-state index contributed by atoms with van der Waals surface area (Å²) < 4.78 is 60.0. The molecule has 12 heteroatoms. The van der Waals surface area contributed by atoms with Gasteiger partial charge in [0.2, 0.25) is 0 Å². The first-order valence-corrected chi connectivity index (χ1v) is 20.6. The van der Waals surface area contributed by atoms with E-state index >= 15 is 0 Å². The SMILES string of the molecule is C=C1CC2CCC34CC5OC6C(OC7CCC(CC(=O)CC8C(CC9OC(CCC1O2)CC(C)C9=C)OC(CC(O)CCO)C8OC)OC7C6O3)C5O4. The zero-order valence-corrected chi connectivity index (χ0v) is 31.4. The number of fused-ring (bicyclic) bond motifs is 6. The van der Waals surface area contributed by atoms with Crippen molar-refractivity contribution in [2.75, 3.05) is 13.7 Å². The normalized spacial score (nSPS) is 51.6. The quantitative estimate of drug-likeness (QED) is 0.395. The van der Waals surface area contributed by atoms with Crippen LogP contribution in [0.25, 0.3) is 0 Å². The van der Waals surface area contributed by atoms with Crippen LogP contribution in [-0.4, -0.2) is 133 Å². The van der Waals surface area contributed by atoms with Crippen LogP contribution < -0.4 is 0 Å². The Balaban J connectivity index is 0.990. The van der Waals surface area contributed by atoms with E-state index in [9.17, 15) is 15.0 Å². The molecule has 12 nitrogen and oxygen atoms in total. The number of carbonyl (C=O) groups is 1. The van der Waals surface area contributed by atoms with Crippen LogP contribution in [-0.2, 0) is 47.4 Å². The summed E-state index contributed by atoms with van der Waals surface area (Å²) in [5.41, 5.74) is 2.18. The molecule has 10 heterocycles. The summed E-state index contributed by atoms with van der Waals surface area (Å²) in [5.74, 6) is -0.672. The number of aliphatic hydroxyl groups is 2. The molecule has 0 saturated carbocycles. The highest BCUT2D eigenvalue weighted by Crippen LogP contribution is 2.54. The summed E-state index contributed by atoms with van der Waals surface area (Å²) in [5, 5.41) is 20.2. The van der Waals surface area contributed by atoms with Gasteiger partial charge in [0.1, 0.15) is 36.3 Å². The van der Waals surface area contributed by atoms with Crippen molar-refractivity contribution in [3.8, 4) is 0 Å². The summed E-state index contributed by atoms with van der Waals surface area (Å²) >= 11 is 0. The Labute approximate surface area is 313 Å². The smallest absolute Gasteiger partial charge is 0.172 e. The maximum atomic E-state index is 14.1. The molecule has 19 unspecified atom stereocenters. The van der Waals surface area contributed by atoms with Crippen molar-refractivity contribution < 1.29 is 57.6 Å². The van der Waals surface area contributed by atoms with Gasteiger partial charge in [-0.25, -0.2) is 0 Å². The van der Waals surface area contributed by atoms with E-state index in [0.717, 1.165) is 49.7 Å². The number of Topliss-reactive ketones (excluding diaryl/α,β-unsaturated/α-hetero) is 1. The van der Waals surface area contributed by atoms with E-state index < -0.39 is 24.1 Å². The van der Waals surface area contributed by atoms with Crippen LogP contribution in [0, 0.1) is 11.8 Å². The minimum absolute atomic E-state index is 0.0237. The van der Waals surface area contributed by atoms with E-state index in [0.29, 0.717) is 32.1 Å². The third-order valence-electron chi connectivity index (χ3n) is 14.2. The average molecular weight is 745 g/mol. The van der Waals surface area contributed by atoms with Crippen molar-refractivity contribution in [2.24, 2.45) is 11.8 Å². The van der Waals surface area contributed by atoms with E-state index in [-0.39, 0.29) is 123 Å². The Hall–Kier alpha value is -1.29. The summed E-state index contributed by atoms with van der Waals surface area (Å²) in [6.45, 7) is 11.0. The first-order valence-electron chi connectivity index (χ1n) is 20.6. The Morgan fingerprint density at radius 1 is 0.792 bits per heavy atom. The van der Waals surface area contributed by atoms with E-state index in [1.54, 1.807) is 7.11 Å². The maximum Gasteiger partial charge on any atom is 0.172 e.